The van der Waals surface area contributed by atoms with Crippen LogP contribution in [0.5, 0.6) is 0 Å². The molecule has 140 valence electrons. The van der Waals surface area contributed by atoms with Crippen molar-refractivity contribution in [2.24, 2.45) is 0 Å². The average molecular weight is 434 g/mol. The summed E-state index contributed by atoms with van der Waals surface area (Å²) in [7, 11) is 0. The Morgan fingerprint density at radius 3 is 2.14 bits per heavy atom. The first-order chi connectivity index (χ1) is 13.7. The molecule has 0 aromatic heterocycles. The van der Waals surface area contributed by atoms with Crippen LogP contribution in [0, 0.1) is 0 Å². The summed E-state index contributed by atoms with van der Waals surface area (Å²) in [6.45, 7) is 0.523. The molecular formula is C24H20BrNO2. The van der Waals surface area contributed by atoms with Crippen LogP contribution in [-0.2, 0) is 11.2 Å². The fraction of sp³-hybridized carbons (Fsp3) is 0.125. The zero-order valence-corrected chi connectivity index (χ0v) is 16.8. The maximum Gasteiger partial charge on any atom is 0.289 e. The highest BCUT2D eigenvalue weighted by atomic mass is 79.9. The van der Waals surface area contributed by atoms with Gasteiger partial charge in [-0.15, -0.1) is 0 Å². The highest BCUT2D eigenvalue weighted by Gasteiger charge is 2.41. The molecule has 1 heterocycles. The van der Waals surface area contributed by atoms with Crippen LogP contribution in [-0.4, -0.2) is 22.5 Å². The fourth-order valence-electron chi connectivity index (χ4n) is 3.71. The smallest absolute Gasteiger partial charge is 0.289 e. The fourth-order valence-corrected chi connectivity index (χ4v) is 4.21. The molecule has 28 heavy (non-hydrogen) atoms. The van der Waals surface area contributed by atoms with Crippen LogP contribution >= 0.6 is 15.9 Å². The molecule has 3 aromatic rings. The zero-order valence-electron chi connectivity index (χ0n) is 15.3. The van der Waals surface area contributed by atoms with E-state index in [9.17, 15) is 9.90 Å². The number of aliphatic hydroxyl groups is 1. The minimum atomic E-state index is -0.339. The van der Waals surface area contributed by atoms with Crippen LogP contribution in [0.1, 0.15) is 22.7 Å². The van der Waals surface area contributed by atoms with Crippen molar-refractivity contribution in [3.05, 3.63) is 112 Å². The third-order valence-electron chi connectivity index (χ3n) is 5.07. The topological polar surface area (TPSA) is 40.5 Å². The number of nitrogens with zero attached hydrogens (tertiary/aromatic N) is 1. The molecule has 1 N–H and O–H groups in total. The second kappa shape index (κ2) is 8.03. The van der Waals surface area contributed by atoms with Crippen molar-refractivity contribution in [1.29, 1.82) is 0 Å². The summed E-state index contributed by atoms with van der Waals surface area (Å²) in [6, 6.07) is 27.3. The second-order valence-electron chi connectivity index (χ2n) is 6.79. The van der Waals surface area contributed by atoms with Gasteiger partial charge in [0.15, 0.2) is 5.76 Å². The molecule has 0 fully saturated rings. The van der Waals surface area contributed by atoms with Crippen molar-refractivity contribution in [3.63, 3.8) is 0 Å². The summed E-state index contributed by atoms with van der Waals surface area (Å²) < 4.78 is 0.917. The Kier molecular flexibility index (Phi) is 5.31. The molecule has 0 spiro atoms. The lowest BCUT2D eigenvalue weighted by Gasteiger charge is -2.28. The largest absolute Gasteiger partial charge is 0.503 e. The molecule has 0 bridgehead atoms. The van der Waals surface area contributed by atoms with Crippen molar-refractivity contribution >= 4 is 27.4 Å². The first-order valence-electron chi connectivity index (χ1n) is 9.24. The van der Waals surface area contributed by atoms with Crippen molar-refractivity contribution in [1.82, 2.24) is 4.90 Å². The number of aliphatic hydroxyl groups excluding tert-OH is 1. The van der Waals surface area contributed by atoms with Gasteiger partial charge in [-0.2, -0.15) is 0 Å². The highest BCUT2D eigenvalue weighted by molar-refractivity contribution is 9.10. The van der Waals surface area contributed by atoms with E-state index in [-0.39, 0.29) is 17.7 Å². The molecule has 1 aliphatic rings. The van der Waals surface area contributed by atoms with Gasteiger partial charge in [-0.3, -0.25) is 4.79 Å². The molecule has 3 nitrogen and oxygen atoms in total. The van der Waals surface area contributed by atoms with E-state index in [0.717, 1.165) is 27.6 Å². The van der Waals surface area contributed by atoms with Crippen molar-refractivity contribution < 1.29 is 9.90 Å². The number of halogens is 1. The first kappa shape index (κ1) is 18.5. The maximum atomic E-state index is 13.0. The number of amides is 1. The highest BCUT2D eigenvalue weighted by Crippen LogP contribution is 2.44. The predicted molar refractivity (Wildman–Crippen MR) is 115 cm³/mol. The van der Waals surface area contributed by atoms with E-state index >= 15 is 0 Å². The molecule has 4 heteroatoms. The van der Waals surface area contributed by atoms with Gasteiger partial charge < -0.3 is 10.0 Å². The van der Waals surface area contributed by atoms with Gasteiger partial charge in [-0.25, -0.2) is 0 Å². The number of rotatable bonds is 5. The summed E-state index contributed by atoms with van der Waals surface area (Å²) in [5, 5.41) is 10.8. The van der Waals surface area contributed by atoms with Crippen molar-refractivity contribution in [3.8, 4) is 0 Å². The summed E-state index contributed by atoms with van der Waals surface area (Å²) >= 11 is 3.63. The van der Waals surface area contributed by atoms with E-state index in [4.69, 9.17) is 0 Å². The Morgan fingerprint density at radius 1 is 0.857 bits per heavy atom. The van der Waals surface area contributed by atoms with E-state index in [2.05, 4.69) is 28.1 Å². The number of hydrogen-bond donors (Lipinski definition) is 1. The molecule has 4 rings (SSSR count). The quantitative estimate of drug-likeness (QED) is 0.573. The zero-order chi connectivity index (χ0) is 19.5. The van der Waals surface area contributed by atoms with Crippen LogP contribution < -0.4 is 0 Å². The molecule has 3 aromatic carbocycles. The van der Waals surface area contributed by atoms with Gasteiger partial charge in [0, 0.05) is 16.6 Å². The molecular weight excluding hydrogens is 414 g/mol. The van der Waals surface area contributed by atoms with Gasteiger partial charge in [0.05, 0.1) is 6.04 Å². The molecule has 0 saturated heterocycles. The van der Waals surface area contributed by atoms with Crippen LogP contribution in [0.2, 0.25) is 0 Å². The van der Waals surface area contributed by atoms with Crippen LogP contribution in [0.15, 0.2) is 95.2 Å². The summed E-state index contributed by atoms with van der Waals surface area (Å²) in [4.78, 5) is 14.8. The third kappa shape index (κ3) is 3.48. The Hall–Kier alpha value is -2.85. The molecule has 0 radical (unpaired) electrons. The Labute approximate surface area is 173 Å². The third-order valence-corrected chi connectivity index (χ3v) is 5.79. The van der Waals surface area contributed by atoms with Crippen LogP contribution in [0.4, 0.5) is 0 Å². The van der Waals surface area contributed by atoms with E-state index in [1.807, 2.05) is 72.8 Å². The lowest BCUT2D eigenvalue weighted by molar-refractivity contribution is -0.129. The number of benzene rings is 3. The Bertz CT molecular complexity index is 1020. The van der Waals surface area contributed by atoms with Gasteiger partial charge in [-0.1, -0.05) is 94.8 Å². The van der Waals surface area contributed by atoms with E-state index in [1.165, 1.54) is 0 Å². The maximum absolute atomic E-state index is 13.0. The van der Waals surface area contributed by atoms with Gasteiger partial charge in [0.1, 0.15) is 0 Å². The second-order valence-corrected chi connectivity index (χ2v) is 7.64. The molecule has 1 unspecified atom stereocenters. The lowest BCUT2D eigenvalue weighted by atomic mass is 9.93. The van der Waals surface area contributed by atoms with Gasteiger partial charge in [0.25, 0.3) is 5.91 Å². The predicted octanol–water partition coefficient (Wildman–Crippen LogP) is 5.54. The number of carbonyl (C=O) groups is 1. The van der Waals surface area contributed by atoms with Crippen molar-refractivity contribution in [2.45, 2.75) is 12.5 Å². The molecule has 0 aliphatic carbocycles. The Morgan fingerprint density at radius 2 is 1.46 bits per heavy atom. The van der Waals surface area contributed by atoms with Gasteiger partial charge >= 0.3 is 0 Å². The van der Waals surface area contributed by atoms with Gasteiger partial charge in [0.2, 0.25) is 0 Å². The first-order valence-corrected chi connectivity index (χ1v) is 10.0. The molecule has 0 saturated carbocycles. The standard InChI is InChI=1S/C24H20BrNO2/c25-20-14-8-7-13-19(20)22-21(18-11-5-2-6-12-18)23(27)24(28)26(22)16-15-17-9-3-1-4-10-17/h1-14,22,27H,15-16H2. The minimum Gasteiger partial charge on any atom is -0.503 e. The SMILES string of the molecule is O=C1C(O)=C(c2ccccc2)C(c2ccccc2Br)N1CCc1ccccc1. The van der Waals surface area contributed by atoms with Crippen LogP contribution in [0.3, 0.4) is 0 Å². The average Bonchev–Trinajstić information content (AvgIpc) is 2.98. The van der Waals surface area contributed by atoms with Crippen molar-refractivity contribution in [2.75, 3.05) is 6.54 Å². The summed E-state index contributed by atoms with van der Waals surface area (Å²) in [6.07, 6.45) is 0.725. The summed E-state index contributed by atoms with van der Waals surface area (Å²) in [5.41, 5.74) is 3.64. The van der Waals surface area contributed by atoms with E-state index in [0.29, 0.717) is 12.1 Å². The summed E-state index contributed by atoms with van der Waals surface area (Å²) in [5.74, 6) is -0.490. The lowest BCUT2D eigenvalue weighted by Crippen LogP contribution is -2.32. The molecule has 1 atom stereocenters. The molecule has 1 aliphatic heterocycles. The van der Waals surface area contributed by atoms with Gasteiger partial charge in [-0.05, 0) is 29.2 Å². The normalized spacial score (nSPS) is 16.7. The Balaban J connectivity index is 1.75. The minimum absolute atomic E-state index is 0.167. The monoisotopic (exact) mass is 433 g/mol. The van der Waals surface area contributed by atoms with Crippen LogP contribution in [0.25, 0.3) is 5.57 Å². The number of carbonyl (C=O) groups excluding carboxylic acids is 1. The van der Waals surface area contributed by atoms with E-state index in [1.54, 1.807) is 4.90 Å². The number of hydrogen-bond acceptors (Lipinski definition) is 2. The molecule has 1 amide bonds. The van der Waals surface area contributed by atoms with E-state index < -0.39 is 0 Å².